The van der Waals surface area contributed by atoms with Crippen LogP contribution in [0.2, 0.25) is 0 Å². The van der Waals surface area contributed by atoms with Crippen LogP contribution in [0.4, 0.5) is 0 Å². The second-order valence-electron chi connectivity index (χ2n) is 4.06. The van der Waals surface area contributed by atoms with E-state index in [0.29, 0.717) is 5.88 Å². The van der Waals surface area contributed by atoms with E-state index in [9.17, 15) is 0 Å². The Morgan fingerprint density at radius 2 is 2.25 bits per heavy atom. The highest BCUT2D eigenvalue weighted by Crippen LogP contribution is 2.39. The van der Waals surface area contributed by atoms with Gasteiger partial charge in [0.1, 0.15) is 5.75 Å². The molecule has 0 spiro atoms. The first-order valence-electron chi connectivity index (χ1n) is 5.19. The van der Waals surface area contributed by atoms with Crippen LogP contribution in [0.15, 0.2) is 22.7 Å². The van der Waals surface area contributed by atoms with Gasteiger partial charge in [-0.2, -0.15) is 0 Å². The van der Waals surface area contributed by atoms with Gasteiger partial charge in [-0.05, 0) is 40.0 Å². The molecule has 2 rings (SSSR count). The Morgan fingerprint density at radius 3 is 2.69 bits per heavy atom. The highest BCUT2D eigenvalue weighted by Gasteiger charge is 2.39. The predicted molar refractivity (Wildman–Crippen MR) is 68.5 cm³/mol. The largest absolute Gasteiger partial charge is 0.496 e. The standard InChI is InChI=1S/C12H14BrClO2/c1-15-11-3-2-9(6-10(11)13)12(4-5-14)7-16-8-12/h2-3,6H,4-5,7-8H2,1H3. The minimum Gasteiger partial charge on any atom is -0.496 e. The molecule has 0 radical (unpaired) electrons. The molecule has 1 fully saturated rings. The fraction of sp³-hybridized carbons (Fsp3) is 0.500. The Morgan fingerprint density at radius 1 is 1.50 bits per heavy atom. The van der Waals surface area contributed by atoms with Crippen LogP contribution in [0, 0.1) is 0 Å². The summed E-state index contributed by atoms with van der Waals surface area (Å²) in [5.74, 6) is 1.51. The van der Waals surface area contributed by atoms with Gasteiger partial charge < -0.3 is 9.47 Å². The Kier molecular flexibility index (Phi) is 3.77. The zero-order chi connectivity index (χ0) is 11.6. The average molecular weight is 306 g/mol. The van der Waals surface area contributed by atoms with E-state index in [4.69, 9.17) is 21.1 Å². The van der Waals surface area contributed by atoms with Crippen molar-refractivity contribution < 1.29 is 9.47 Å². The Labute approximate surface area is 109 Å². The van der Waals surface area contributed by atoms with E-state index in [1.165, 1.54) is 5.56 Å². The van der Waals surface area contributed by atoms with Gasteiger partial charge >= 0.3 is 0 Å². The summed E-state index contributed by atoms with van der Waals surface area (Å²) in [5.41, 5.74) is 1.38. The van der Waals surface area contributed by atoms with Crippen LogP contribution in [-0.2, 0) is 10.2 Å². The lowest BCUT2D eigenvalue weighted by atomic mass is 9.76. The zero-order valence-electron chi connectivity index (χ0n) is 9.13. The molecule has 88 valence electrons. The van der Waals surface area contributed by atoms with E-state index in [1.54, 1.807) is 7.11 Å². The molecule has 0 saturated carbocycles. The lowest BCUT2D eigenvalue weighted by molar-refractivity contribution is -0.0616. The molecule has 0 N–H and O–H groups in total. The van der Waals surface area contributed by atoms with Crippen LogP contribution in [-0.4, -0.2) is 26.2 Å². The van der Waals surface area contributed by atoms with Crippen molar-refractivity contribution in [1.82, 2.24) is 0 Å². The van der Waals surface area contributed by atoms with Gasteiger partial charge in [0.05, 0.1) is 24.8 Å². The van der Waals surface area contributed by atoms with Gasteiger partial charge in [0.2, 0.25) is 0 Å². The normalized spacial score (nSPS) is 17.9. The summed E-state index contributed by atoms with van der Waals surface area (Å²) in [6.07, 6.45) is 0.952. The monoisotopic (exact) mass is 304 g/mol. The van der Waals surface area contributed by atoms with Crippen molar-refractivity contribution in [2.45, 2.75) is 11.8 Å². The van der Waals surface area contributed by atoms with Crippen LogP contribution in [0.1, 0.15) is 12.0 Å². The molecule has 1 aliphatic heterocycles. The summed E-state index contributed by atoms with van der Waals surface area (Å²) in [6.45, 7) is 1.52. The highest BCUT2D eigenvalue weighted by molar-refractivity contribution is 9.10. The number of hydrogen-bond acceptors (Lipinski definition) is 2. The van der Waals surface area contributed by atoms with E-state index < -0.39 is 0 Å². The topological polar surface area (TPSA) is 18.5 Å². The maximum atomic E-state index is 5.85. The predicted octanol–water partition coefficient (Wildman–Crippen LogP) is 3.35. The average Bonchev–Trinajstić information content (AvgIpc) is 2.23. The van der Waals surface area contributed by atoms with Crippen molar-refractivity contribution in [2.75, 3.05) is 26.2 Å². The van der Waals surface area contributed by atoms with Gasteiger partial charge in [-0.1, -0.05) is 6.07 Å². The van der Waals surface area contributed by atoms with Gasteiger partial charge in [-0.15, -0.1) is 11.6 Å². The second-order valence-corrected chi connectivity index (χ2v) is 5.29. The maximum absolute atomic E-state index is 5.85. The number of benzene rings is 1. The molecule has 16 heavy (non-hydrogen) atoms. The first-order valence-corrected chi connectivity index (χ1v) is 6.52. The quantitative estimate of drug-likeness (QED) is 0.794. The lowest BCUT2D eigenvalue weighted by Gasteiger charge is -2.42. The first kappa shape index (κ1) is 12.2. The van der Waals surface area contributed by atoms with Crippen LogP contribution in [0.25, 0.3) is 0 Å². The van der Waals surface area contributed by atoms with Crippen molar-refractivity contribution in [3.05, 3.63) is 28.2 Å². The van der Waals surface area contributed by atoms with Gasteiger partial charge in [0.15, 0.2) is 0 Å². The Balaban J connectivity index is 2.29. The minimum absolute atomic E-state index is 0.108. The van der Waals surface area contributed by atoms with Gasteiger partial charge in [0.25, 0.3) is 0 Å². The molecule has 0 amide bonds. The third kappa shape index (κ3) is 2.08. The number of alkyl halides is 1. The van der Waals surface area contributed by atoms with E-state index in [-0.39, 0.29) is 5.41 Å². The van der Waals surface area contributed by atoms with E-state index in [2.05, 4.69) is 28.1 Å². The summed E-state index contributed by atoms with van der Waals surface area (Å²) < 4.78 is 11.5. The lowest BCUT2D eigenvalue weighted by Crippen LogP contribution is -2.47. The molecule has 1 aromatic rings. The van der Waals surface area contributed by atoms with E-state index >= 15 is 0 Å². The van der Waals surface area contributed by atoms with Crippen molar-refractivity contribution in [2.24, 2.45) is 0 Å². The summed E-state index contributed by atoms with van der Waals surface area (Å²) in [4.78, 5) is 0. The molecule has 0 atom stereocenters. The zero-order valence-corrected chi connectivity index (χ0v) is 11.5. The third-order valence-electron chi connectivity index (χ3n) is 3.09. The van der Waals surface area contributed by atoms with E-state index in [0.717, 1.165) is 29.9 Å². The molecule has 1 aromatic carbocycles. The summed E-state index contributed by atoms with van der Waals surface area (Å²) in [6, 6.07) is 6.18. The molecule has 4 heteroatoms. The molecule has 1 aliphatic rings. The van der Waals surface area contributed by atoms with Crippen molar-refractivity contribution in [3.8, 4) is 5.75 Å². The van der Waals surface area contributed by atoms with Crippen LogP contribution in [0.5, 0.6) is 5.75 Å². The number of rotatable bonds is 4. The minimum atomic E-state index is 0.108. The summed E-state index contributed by atoms with van der Waals surface area (Å²) in [7, 11) is 1.67. The molecule has 2 nitrogen and oxygen atoms in total. The fourth-order valence-corrected chi connectivity index (χ4v) is 2.88. The van der Waals surface area contributed by atoms with Gasteiger partial charge in [0, 0.05) is 11.3 Å². The molecular weight excluding hydrogens is 291 g/mol. The van der Waals surface area contributed by atoms with Crippen LogP contribution in [0.3, 0.4) is 0 Å². The number of hydrogen-bond donors (Lipinski definition) is 0. The number of halogens is 2. The van der Waals surface area contributed by atoms with Crippen LogP contribution >= 0.6 is 27.5 Å². The number of ether oxygens (including phenoxy) is 2. The molecule has 0 aromatic heterocycles. The second kappa shape index (κ2) is 4.94. The molecule has 0 aliphatic carbocycles. The maximum Gasteiger partial charge on any atom is 0.133 e. The van der Waals surface area contributed by atoms with Gasteiger partial charge in [-0.25, -0.2) is 0 Å². The van der Waals surface area contributed by atoms with Gasteiger partial charge in [-0.3, -0.25) is 0 Å². The fourth-order valence-electron chi connectivity index (χ4n) is 1.98. The third-order valence-corrected chi connectivity index (χ3v) is 3.90. The molecular formula is C12H14BrClO2. The molecule has 1 heterocycles. The SMILES string of the molecule is COc1ccc(C2(CCCl)COC2)cc1Br. The Hall–Kier alpha value is -0.250. The van der Waals surface area contributed by atoms with Crippen LogP contribution < -0.4 is 4.74 Å². The van der Waals surface area contributed by atoms with Crippen molar-refractivity contribution in [1.29, 1.82) is 0 Å². The Bertz CT molecular complexity index is 377. The highest BCUT2D eigenvalue weighted by atomic mass is 79.9. The first-order chi connectivity index (χ1) is 7.72. The molecule has 1 saturated heterocycles. The summed E-state index contributed by atoms with van der Waals surface area (Å²) >= 11 is 9.36. The summed E-state index contributed by atoms with van der Waals surface area (Å²) in [5, 5.41) is 0. The smallest absolute Gasteiger partial charge is 0.133 e. The molecule has 0 unspecified atom stereocenters. The number of methoxy groups -OCH3 is 1. The van der Waals surface area contributed by atoms with E-state index in [1.807, 2.05) is 6.07 Å². The van der Waals surface area contributed by atoms with Crippen molar-refractivity contribution >= 4 is 27.5 Å². The van der Waals surface area contributed by atoms with Crippen molar-refractivity contribution in [3.63, 3.8) is 0 Å². The molecule has 0 bridgehead atoms.